The summed E-state index contributed by atoms with van der Waals surface area (Å²) >= 11 is 0. The highest BCUT2D eigenvalue weighted by Gasteiger charge is 2.14. The van der Waals surface area contributed by atoms with E-state index in [2.05, 4.69) is 9.71 Å². The fourth-order valence-corrected chi connectivity index (χ4v) is 3.14. The number of hydrogen-bond donors (Lipinski definition) is 1. The van der Waals surface area contributed by atoms with Crippen molar-refractivity contribution in [3.8, 4) is 0 Å². The molecule has 5 nitrogen and oxygen atoms in total. The number of aromatic nitrogens is 2. The van der Waals surface area contributed by atoms with E-state index in [0.717, 1.165) is 17.6 Å². The lowest BCUT2D eigenvalue weighted by Crippen LogP contribution is -2.13. The fraction of sp³-hybridized carbons (Fsp3) is 0.133. The number of imidazole rings is 1. The summed E-state index contributed by atoms with van der Waals surface area (Å²) in [6, 6.07) is 10.4. The average molecular weight is 301 g/mol. The highest BCUT2D eigenvalue weighted by atomic mass is 32.2. The van der Waals surface area contributed by atoms with Gasteiger partial charge in [0, 0.05) is 18.6 Å². The number of anilines is 1. The van der Waals surface area contributed by atoms with E-state index in [1.54, 1.807) is 47.3 Å². The Labute approximate surface area is 123 Å². The van der Waals surface area contributed by atoms with Crippen molar-refractivity contribution >= 4 is 21.4 Å². The van der Waals surface area contributed by atoms with Gasteiger partial charge < -0.3 is 4.40 Å². The standard InChI is InChI=1S/C15H15N3O2S/c1-2-12-3-6-14(7-4-12)21(19,20)17-13-5-8-15-16-9-10-18(15)11-13/h3-11,17H,2H2,1H3. The molecule has 0 atom stereocenters. The summed E-state index contributed by atoms with van der Waals surface area (Å²) in [5.74, 6) is 0. The molecule has 0 aliphatic heterocycles. The smallest absolute Gasteiger partial charge is 0.261 e. The Morgan fingerprint density at radius 2 is 1.90 bits per heavy atom. The van der Waals surface area contributed by atoms with Gasteiger partial charge in [0.05, 0.1) is 10.6 Å². The zero-order chi connectivity index (χ0) is 14.9. The molecule has 0 radical (unpaired) electrons. The maximum Gasteiger partial charge on any atom is 0.261 e. The number of aryl methyl sites for hydroxylation is 1. The van der Waals surface area contributed by atoms with Crippen LogP contribution >= 0.6 is 0 Å². The number of pyridine rings is 1. The van der Waals surface area contributed by atoms with Crippen LogP contribution in [-0.4, -0.2) is 17.8 Å². The molecule has 0 unspecified atom stereocenters. The zero-order valence-electron chi connectivity index (χ0n) is 11.5. The highest BCUT2D eigenvalue weighted by Crippen LogP contribution is 2.17. The molecule has 108 valence electrons. The number of hydrogen-bond acceptors (Lipinski definition) is 3. The van der Waals surface area contributed by atoms with E-state index >= 15 is 0 Å². The molecular formula is C15H15N3O2S. The lowest BCUT2D eigenvalue weighted by Gasteiger charge is -2.09. The van der Waals surface area contributed by atoms with E-state index in [-0.39, 0.29) is 4.90 Å². The predicted molar refractivity (Wildman–Crippen MR) is 81.8 cm³/mol. The minimum Gasteiger partial charge on any atom is -0.305 e. The molecule has 0 saturated carbocycles. The first-order valence-electron chi connectivity index (χ1n) is 6.63. The number of benzene rings is 1. The Balaban J connectivity index is 1.90. The van der Waals surface area contributed by atoms with Crippen molar-refractivity contribution in [2.45, 2.75) is 18.2 Å². The zero-order valence-corrected chi connectivity index (χ0v) is 12.3. The largest absolute Gasteiger partial charge is 0.305 e. The maximum absolute atomic E-state index is 12.3. The van der Waals surface area contributed by atoms with Crippen molar-refractivity contribution in [1.29, 1.82) is 0 Å². The Morgan fingerprint density at radius 1 is 1.14 bits per heavy atom. The predicted octanol–water partition coefficient (Wildman–Crippen LogP) is 2.70. The molecule has 3 rings (SSSR count). The molecule has 1 aromatic carbocycles. The number of fused-ring (bicyclic) bond motifs is 1. The summed E-state index contributed by atoms with van der Waals surface area (Å²) in [5, 5.41) is 0. The summed E-state index contributed by atoms with van der Waals surface area (Å²) in [6.07, 6.45) is 6.01. The Morgan fingerprint density at radius 3 is 2.62 bits per heavy atom. The van der Waals surface area contributed by atoms with Gasteiger partial charge in [0.25, 0.3) is 10.0 Å². The van der Waals surface area contributed by atoms with Crippen LogP contribution in [0.2, 0.25) is 0 Å². The van der Waals surface area contributed by atoms with E-state index < -0.39 is 10.0 Å². The molecule has 0 bridgehead atoms. The van der Waals surface area contributed by atoms with Gasteiger partial charge in [-0.15, -0.1) is 0 Å². The van der Waals surface area contributed by atoms with Gasteiger partial charge in [0.15, 0.2) is 0 Å². The van der Waals surface area contributed by atoms with Crippen LogP contribution in [0.15, 0.2) is 59.9 Å². The van der Waals surface area contributed by atoms with Crippen LogP contribution in [0.3, 0.4) is 0 Å². The first-order valence-corrected chi connectivity index (χ1v) is 8.11. The van der Waals surface area contributed by atoms with E-state index in [1.165, 1.54) is 0 Å². The number of sulfonamides is 1. The van der Waals surface area contributed by atoms with Crippen molar-refractivity contribution < 1.29 is 8.42 Å². The molecule has 0 amide bonds. The van der Waals surface area contributed by atoms with Crippen molar-refractivity contribution in [1.82, 2.24) is 9.38 Å². The average Bonchev–Trinajstić information content (AvgIpc) is 2.94. The van der Waals surface area contributed by atoms with E-state index in [9.17, 15) is 8.42 Å². The highest BCUT2D eigenvalue weighted by molar-refractivity contribution is 7.92. The SMILES string of the molecule is CCc1ccc(S(=O)(=O)Nc2ccc3nccn3c2)cc1. The second-order valence-corrected chi connectivity index (χ2v) is 6.40. The second kappa shape index (κ2) is 5.21. The molecular weight excluding hydrogens is 286 g/mol. The lowest BCUT2D eigenvalue weighted by atomic mass is 10.2. The van der Waals surface area contributed by atoms with E-state index in [0.29, 0.717) is 5.69 Å². The molecule has 2 aromatic heterocycles. The van der Waals surface area contributed by atoms with Crippen molar-refractivity contribution in [2.75, 3.05) is 4.72 Å². The van der Waals surface area contributed by atoms with Crippen molar-refractivity contribution in [2.24, 2.45) is 0 Å². The van der Waals surface area contributed by atoms with Crippen LogP contribution in [0.4, 0.5) is 5.69 Å². The molecule has 3 aromatic rings. The topological polar surface area (TPSA) is 63.5 Å². The minimum atomic E-state index is -3.57. The first-order chi connectivity index (χ1) is 10.1. The summed E-state index contributed by atoms with van der Waals surface area (Å²) < 4.78 is 29.0. The molecule has 21 heavy (non-hydrogen) atoms. The van der Waals surface area contributed by atoms with E-state index in [1.807, 2.05) is 19.1 Å². The van der Waals surface area contributed by atoms with Gasteiger partial charge in [-0.3, -0.25) is 4.72 Å². The monoisotopic (exact) mass is 301 g/mol. The number of rotatable bonds is 4. The molecule has 0 saturated heterocycles. The van der Waals surface area contributed by atoms with Crippen LogP contribution in [0, 0.1) is 0 Å². The Hall–Kier alpha value is -2.34. The Bertz CT molecular complexity index is 867. The fourth-order valence-electron chi connectivity index (χ4n) is 2.10. The molecule has 0 aliphatic carbocycles. The Kier molecular flexibility index (Phi) is 3.39. The summed E-state index contributed by atoms with van der Waals surface area (Å²) in [7, 11) is -3.57. The number of nitrogens with zero attached hydrogens (tertiary/aromatic N) is 2. The van der Waals surface area contributed by atoms with Crippen molar-refractivity contribution in [3.05, 3.63) is 60.6 Å². The first kappa shape index (κ1) is 13.6. The van der Waals surface area contributed by atoms with Gasteiger partial charge in [-0.25, -0.2) is 13.4 Å². The third-order valence-corrected chi connectivity index (χ3v) is 4.68. The van der Waals surface area contributed by atoms with Gasteiger partial charge in [0.2, 0.25) is 0 Å². The summed E-state index contributed by atoms with van der Waals surface area (Å²) in [5.41, 5.74) is 2.37. The minimum absolute atomic E-state index is 0.255. The van der Waals surface area contributed by atoms with Gasteiger partial charge in [-0.2, -0.15) is 0 Å². The van der Waals surface area contributed by atoms with Crippen LogP contribution in [0.25, 0.3) is 5.65 Å². The molecule has 0 fully saturated rings. The van der Waals surface area contributed by atoms with Crippen LogP contribution in [0.5, 0.6) is 0 Å². The molecule has 0 aliphatic rings. The normalized spacial score (nSPS) is 11.7. The third-order valence-electron chi connectivity index (χ3n) is 3.28. The number of nitrogens with one attached hydrogen (secondary N) is 1. The maximum atomic E-state index is 12.3. The third kappa shape index (κ3) is 2.75. The second-order valence-electron chi connectivity index (χ2n) is 4.71. The van der Waals surface area contributed by atoms with Gasteiger partial charge in [-0.1, -0.05) is 19.1 Å². The van der Waals surface area contributed by atoms with Crippen LogP contribution in [-0.2, 0) is 16.4 Å². The van der Waals surface area contributed by atoms with E-state index in [4.69, 9.17) is 0 Å². The van der Waals surface area contributed by atoms with Gasteiger partial charge in [0.1, 0.15) is 5.65 Å². The van der Waals surface area contributed by atoms with Crippen molar-refractivity contribution in [3.63, 3.8) is 0 Å². The van der Waals surface area contributed by atoms with Crippen LogP contribution in [0.1, 0.15) is 12.5 Å². The van der Waals surface area contributed by atoms with Gasteiger partial charge in [-0.05, 0) is 36.2 Å². The van der Waals surface area contributed by atoms with Crippen LogP contribution < -0.4 is 4.72 Å². The molecule has 0 spiro atoms. The quantitative estimate of drug-likeness (QED) is 0.806. The summed E-state index contributed by atoms with van der Waals surface area (Å²) in [4.78, 5) is 4.37. The summed E-state index contributed by atoms with van der Waals surface area (Å²) in [6.45, 7) is 2.03. The lowest BCUT2D eigenvalue weighted by molar-refractivity contribution is 0.601. The molecule has 1 N–H and O–H groups in total. The molecule has 6 heteroatoms. The van der Waals surface area contributed by atoms with Gasteiger partial charge >= 0.3 is 0 Å². The molecule has 2 heterocycles.